The van der Waals surface area contributed by atoms with E-state index in [1.807, 2.05) is 27.2 Å². The zero-order valence-electron chi connectivity index (χ0n) is 50.0. The molecular formula is C67H120N2O6P+. The van der Waals surface area contributed by atoms with Crippen LogP contribution in [0.5, 0.6) is 0 Å². The maximum atomic E-state index is 13.0. The van der Waals surface area contributed by atoms with E-state index in [0.29, 0.717) is 17.4 Å². The summed E-state index contributed by atoms with van der Waals surface area (Å²) in [5.74, 6) is -0.191. The Bertz CT molecular complexity index is 1600. The lowest BCUT2D eigenvalue weighted by Gasteiger charge is -2.25. The number of phosphoric ester groups is 1. The first-order valence-corrected chi connectivity index (χ1v) is 32.8. The Morgan fingerprint density at radius 3 is 1.21 bits per heavy atom. The molecule has 3 unspecified atom stereocenters. The van der Waals surface area contributed by atoms with Gasteiger partial charge in [-0.1, -0.05) is 271 Å². The van der Waals surface area contributed by atoms with E-state index in [-0.39, 0.29) is 19.1 Å². The predicted octanol–water partition coefficient (Wildman–Crippen LogP) is 19.5. The Labute approximate surface area is 470 Å². The highest BCUT2D eigenvalue weighted by molar-refractivity contribution is 7.47. The zero-order valence-corrected chi connectivity index (χ0v) is 50.9. The third kappa shape index (κ3) is 58.8. The lowest BCUT2D eigenvalue weighted by atomic mass is 10.0. The first kappa shape index (κ1) is 73.2. The standard InChI is InChI=1S/C67H119N2O6P/c1-6-8-10-12-14-16-18-20-22-24-26-27-28-29-30-31-32-33-34-35-36-37-38-39-40-41-43-45-47-49-51-53-55-57-59-61-67(71)68-65(64-75-76(72,73)74-63-62-69(3,4)5)66(70)60-58-56-54-52-50-48-46-44-42-25-23-21-19-17-15-13-11-9-7-2/h8,10,14,16,20,22,26-27,29-30,32-33,35-36,50,52,58,60,65-66,70H,6-7,9,11-13,15,17-19,21,23-25,28,31,34,37-49,51,53-57,59,61-64H2,1-5H3,(H-,68,71,72,73)/p+1/b10-8-,16-14-,22-20-,27-26-,30-29-,33-32-,36-35-,52-50+,60-58+. The number of carbonyl (C=O) groups is 1. The van der Waals surface area contributed by atoms with Crippen LogP contribution in [-0.4, -0.2) is 73.4 Å². The Hall–Kier alpha value is -2.84. The molecule has 0 aromatic rings. The van der Waals surface area contributed by atoms with Crippen LogP contribution in [0.25, 0.3) is 0 Å². The molecule has 1 amide bonds. The van der Waals surface area contributed by atoms with Crippen LogP contribution >= 0.6 is 7.82 Å². The monoisotopic (exact) mass is 1080 g/mol. The molecule has 9 heteroatoms. The lowest BCUT2D eigenvalue weighted by molar-refractivity contribution is -0.870. The summed E-state index contributed by atoms with van der Waals surface area (Å²) in [6.07, 6.45) is 83.5. The van der Waals surface area contributed by atoms with Crippen LogP contribution in [0.4, 0.5) is 0 Å². The first-order valence-electron chi connectivity index (χ1n) is 31.3. The second-order valence-electron chi connectivity index (χ2n) is 22.0. The van der Waals surface area contributed by atoms with Gasteiger partial charge in [0.05, 0.1) is 39.9 Å². The van der Waals surface area contributed by atoms with Gasteiger partial charge < -0.3 is 19.8 Å². The number of amides is 1. The molecule has 0 heterocycles. The number of carbonyl (C=O) groups excluding carboxylic acids is 1. The molecule has 0 saturated carbocycles. The van der Waals surface area contributed by atoms with Crippen LogP contribution in [0.1, 0.15) is 258 Å². The molecule has 8 nitrogen and oxygen atoms in total. The van der Waals surface area contributed by atoms with E-state index in [1.54, 1.807) is 6.08 Å². The second kappa shape index (κ2) is 56.9. The summed E-state index contributed by atoms with van der Waals surface area (Å²) in [7, 11) is 1.55. The molecule has 0 rings (SSSR count). The number of nitrogens with zero attached hydrogens (tertiary/aromatic N) is 1. The number of hydrogen-bond acceptors (Lipinski definition) is 5. The van der Waals surface area contributed by atoms with Gasteiger partial charge >= 0.3 is 7.82 Å². The van der Waals surface area contributed by atoms with Gasteiger partial charge in [0, 0.05) is 6.42 Å². The van der Waals surface area contributed by atoms with E-state index in [1.165, 1.54) is 154 Å². The third-order valence-corrected chi connectivity index (χ3v) is 14.5. The topological polar surface area (TPSA) is 105 Å². The molecule has 0 aliphatic heterocycles. The fourth-order valence-corrected chi connectivity index (χ4v) is 9.36. The van der Waals surface area contributed by atoms with Gasteiger partial charge in [-0.15, -0.1) is 0 Å². The zero-order chi connectivity index (χ0) is 55.6. The molecule has 0 aromatic heterocycles. The Morgan fingerprint density at radius 1 is 0.461 bits per heavy atom. The molecule has 0 radical (unpaired) electrons. The van der Waals surface area contributed by atoms with Gasteiger partial charge in [0.2, 0.25) is 5.91 Å². The number of allylic oxidation sites excluding steroid dienone is 17. The number of rotatable bonds is 56. The largest absolute Gasteiger partial charge is 0.472 e. The predicted molar refractivity (Wildman–Crippen MR) is 332 cm³/mol. The molecule has 0 aromatic carbocycles. The van der Waals surface area contributed by atoms with Crippen molar-refractivity contribution >= 4 is 13.7 Å². The molecule has 0 saturated heterocycles. The second-order valence-corrected chi connectivity index (χ2v) is 23.5. The van der Waals surface area contributed by atoms with E-state index >= 15 is 0 Å². The number of hydrogen-bond donors (Lipinski definition) is 3. The lowest BCUT2D eigenvalue weighted by Crippen LogP contribution is -2.45. The Kier molecular flexibility index (Phi) is 54.7. The van der Waals surface area contributed by atoms with Crippen molar-refractivity contribution in [3.05, 3.63) is 109 Å². The van der Waals surface area contributed by atoms with Gasteiger partial charge in [-0.05, 0) is 89.9 Å². The number of nitrogens with one attached hydrogen (secondary N) is 1. The number of quaternary nitrogens is 1. The molecule has 3 N–H and O–H groups in total. The van der Waals surface area contributed by atoms with Crippen LogP contribution in [0.15, 0.2) is 109 Å². The molecule has 0 fully saturated rings. The fraction of sp³-hybridized carbons (Fsp3) is 0.716. The summed E-state index contributed by atoms with van der Waals surface area (Å²) in [5.41, 5.74) is 0. The van der Waals surface area contributed by atoms with Crippen LogP contribution in [-0.2, 0) is 18.4 Å². The molecule has 3 atom stereocenters. The van der Waals surface area contributed by atoms with Gasteiger partial charge in [0.15, 0.2) is 0 Å². The third-order valence-electron chi connectivity index (χ3n) is 13.5. The highest BCUT2D eigenvalue weighted by Gasteiger charge is 2.27. The highest BCUT2D eigenvalue weighted by atomic mass is 31.2. The van der Waals surface area contributed by atoms with Crippen molar-refractivity contribution < 1.29 is 32.9 Å². The van der Waals surface area contributed by atoms with Crippen molar-refractivity contribution in [1.29, 1.82) is 0 Å². The maximum Gasteiger partial charge on any atom is 0.472 e. The van der Waals surface area contributed by atoms with Crippen molar-refractivity contribution in [3.8, 4) is 0 Å². The van der Waals surface area contributed by atoms with E-state index in [9.17, 15) is 19.4 Å². The quantitative estimate of drug-likeness (QED) is 0.0243. The summed E-state index contributed by atoms with van der Waals surface area (Å²) < 4.78 is 23.7. The molecule has 0 aliphatic carbocycles. The van der Waals surface area contributed by atoms with Crippen molar-refractivity contribution in [3.63, 3.8) is 0 Å². The molecule has 0 aliphatic rings. The summed E-state index contributed by atoms with van der Waals surface area (Å²) in [5, 5.41) is 13.9. The minimum Gasteiger partial charge on any atom is -0.387 e. The Morgan fingerprint density at radius 2 is 0.803 bits per heavy atom. The summed E-state index contributed by atoms with van der Waals surface area (Å²) in [4.78, 5) is 23.3. The van der Waals surface area contributed by atoms with Crippen molar-refractivity contribution in [2.45, 2.75) is 270 Å². The van der Waals surface area contributed by atoms with Gasteiger partial charge in [-0.3, -0.25) is 13.8 Å². The smallest absolute Gasteiger partial charge is 0.387 e. The number of aliphatic hydroxyl groups is 1. The first-order chi connectivity index (χ1) is 37.0. The summed E-state index contributed by atoms with van der Waals surface area (Å²) >= 11 is 0. The van der Waals surface area contributed by atoms with Gasteiger partial charge in [0.1, 0.15) is 13.2 Å². The van der Waals surface area contributed by atoms with Crippen molar-refractivity contribution in [2.75, 3.05) is 40.9 Å². The van der Waals surface area contributed by atoms with E-state index in [0.717, 1.165) is 83.5 Å². The van der Waals surface area contributed by atoms with Crippen molar-refractivity contribution in [2.24, 2.45) is 0 Å². The van der Waals surface area contributed by atoms with E-state index < -0.39 is 20.0 Å². The minimum absolute atomic E-state index is 0.0520. The fourth-order valence-electron chi connectivity index (χ4n) is 8.63. The van der Waals surface area contributed by atoms with Crippen molar-refractivity contribution in [1.82, 2.24) is 5.32 Å². The number of unbranched alkanes of at least 4 members (excludes halogenated alkanes) is 27. The van der Waals surface area contributed by atoms with E-state index in [2.05, 4.69) is 116 Å². The number of phosphoric acid groups is 1. The number of likely N-dealkylation sites (N-methyl/N-ethyl adjacent to an activating group) is 1. The number of aliphatic hydroxyl groups excluding tert-OH is 1. The van der Waals surface area contributed by atoms with Gasteiger partial charge in [-0.25, -0.2) is 4.57 Å². The molecule has 0 bridgehead atoms. The molecule has 76 heavy (non-hydrogen) atoms. The molecule has 438 valence electrons. The van der Waals surface area contributed by atoms with Crippen LogP contribution in [0, 0.1) is 0 Å². The Balaban J connectivity index is 4.15. The summed E-state index contributed by atoms with van der Waals surface area (Å²) in [6, 6.07) is -0.871. The average Bonchev–Trinajstić information content (AvgIpc) is 3.38. The van der Waals surface area contributed by atoms with Crippen LogP contribution in [0.2, 0.25) is 0 Å². The van der Waals surface area contributed by atoms with E-state index in [4.69, 9.17) is 9.05 Å². The summed E-state index contributed by atoms with van der Waals surface area (Å²) in [6.45, 7) is 4.69. The maximum absolute atomic E-state index is 13.0. The van der Waals surface area contributed by atoms with Gasteiger partial charge in [-0.2, -0.15) is 0 Å². The minimum atomic E-state index is -4.36. The van der Waals surface area contributed by atoms with Crippen LogP contribution < -0.4 is 5.32 Å². The average molecular weight is 1080 g/mol. The molecular weight excluding hydrogens is 960 g/mol. The van der Waals surface area contributed by atoms with Crippen LogP contribution in [0.3, 0.4) is 0 Å². The van der Waals surface area contributed by atoms with Gasteiger partial charge in [0.25, 0.3) is 0 Å². The highest BCUT2D eigenvalue weighted by Crippen LogP contribution is 2.43. The molecule has 0 spiro atoms. The normalized spacial score (nSPS) is 14.6. The SMILES string of the molecule is CC/C=C\C/C=C\C/C=C\C/C=C\C/C=C\C/C=C\C/C=C\CCCCCCCCCCCCCCCC(=O)NC(COP(=O)(O)OCC[N+](C)(C)C)C(O)/C=C/CC/C=C/CCCCCCCCCCCCCCC.